The van der Waals surface area contributed by atoms with Crippen LogP contribution < -0.4 is 5.73 Å². The van der Waals surface area contributed by atoms with Crippen molar-refractivity contribution in [1.82, 2.24) is 19.7 Å². The molecule has 2 rings (SSSR count). The second-order valence-corrected chi connectivity index (χ2v) is 3.03. The lowest BCUT2D eigenvalue weighted by Gasteiger charge is -1.96. The molecular weight excluding hydrogens is 194 g/mol. The Morgan fingerprint density at radius 1 is 1.33 bits per heavy atom. The second-order valence-electron chi connectivity index (χ2n) is 3.03. The molecule has 0 unspecified atom stereocenters. The number of nitrogens with two attached hydrogens (primary N) is 1. The minimum absolute atomic E-state index is 0.148. The number of hydrogen-bond acceptors (Lipinski definition) is 4. The van der Waals surface area contributed by atoms with E-state index in [1.54, 1.807) is 10.9 Å². The van der Waals surface area contributed by atoms with E-state index in [1.165, 1.54) is 12.4 Å². The molecule has 2 N–H and O–H groups in total. The van der Waals surface area contributed by atoms with Crippen molar-refractivity contribution < 1.29 is 4.79 Å². The lowest BCUT2D eigenvalue weighted by atomic mass is 10.3. The summed E-state index contributed by atoms with van der Waals surface area (Å²) in [5, 5.41) is 4.15. The van der Waals surface area contributed by atoms with Crippen molar-refractivity contribution in [2.24, 2.45) is 12.8 Å². The van der Waals surface area contributed by atoms with Crippen LogP contribution in [0.4, 0.5) is 0 Å². The van der Waals surface area contributed by atoms with Gasteiger partial charge < -0.3 is 5.73 Å². The molecule has 0 radical (unpaired) electrons. The Hall–Kier alpha value is -2.24. The zero-order valence-electron chi connectivity index (χ0n) is 8.08. The van der Waals surface area contributed by atoms with Gasteiger partial charge in [0.05, 0.1) is 12.4 Å². The van der Waals surface area contributed by atoms with E-state index in [-0.39, 0.29) is 5.69 Å². The third kappa shape index (κ3) is 1.83. The first kappa shape index (κ1) is 9.32. The molecule has 15 heavy (non-hydrogen) atoms. The maximum absolute atomic E-state index is 10.8. The normalized spacial score (nSPS) is 10.2. The Bertz CT molecular complexity index is 487. The summed E-state index contributed by atoms with van der Waals surface area (Å²) >= 11 is 0. The predicted molar refractivity (Wildman–Crippen MR) is 52.8 cm³/mol. The summed E-state index contributed by atoms with van der Waals surface area (Å²) in [4.78, 5) is 18.7. The standard InChI is InChI=1S/C9H9N5O/c1-14-3-2-6(13-14)7-4-12-8(5-11-7)9(10)15/h2-5H,1H3,(H2,10,15). The summed E-state index contributed by atoms with van der Waals surface area (Å²) in [6.45, 7) is 0. The van der Waals surface area contributed by atoms with Crippen LogP contribution in [0.15, 0.2) is 24.7 Å². The third-order valence-electron chi connectivity index (χ3n) is 1.88. The number of carbonyl (C=O) groups is 1. The molecule has 0 spiro atoms. The van der Waals surface area contributed by atoms with E-state index in [2.05, 4.69) is 15.1 Å². The van der Waals surface area contributed by atoms with Gasteiger partial charge in [-0.2, -0.15) is 5.10 Å². The lowest BCUT2D eigenvalue weighted by molar-refractivity contribution is 0.0995. The predicted octanol–water partition coefficient (Wildman–Crippen LogP) is -0.0240. The van der Waals surface area contributed by atoms with Crippen LogP contribution in [0.1, 0.15) is 10.5 Å². The van der Waals surface area contributed by atoms with Gasteiger partial charge >= 0.3 is 0 Å². The topological polar surface area (TPSA) is 86.7 Å². The Morgan fingerprint density at radius 3 is 2.60 bits per heavy atom. The largest absolute Gasteiger partial charge is 0.364 e. The van der Waals surface area contributed by atoms with Crippen LogP contribution in [0.3, 0.4) is 0 Å². The van der Waals surface area contributed by atoms with Crippen LogP contribution in [0, 0.1) is 0 Å². The molecule has 6 nitrogen and oxygen atoms in total. The van der Waals surface area contributed by atoms with Crippen molar-refractivity contribution in [3.05, 3.63) is 30.4 Å². The van der Waals surface area contributed by atoms with Crippen molar-refractivity contribution in [1.29, 1.82) is 0 Å². The highest BCUT2D eigenvalue weighted by molar-refractivity contribution is 5.90. The number of primary amides is 1. The Labute approximate surface area is 85.8 Å². The first-order chi connectivity index (χ1) is 7.16. The molecule has 76 valence electrons. The minimum Gasteiger partial charge on any atom is -0.364 e. The monoisotopic (exact) mass is 203 g/mol. The van der Waals surface area contributed by atoms with E-state index in [0.717, 1.165) is 0 Å². The molecule has 0 saturated heterocycles. The molecule has 2 aromatic heterocycles. The molecule has 0 bridgehead atoms. The van der Waals surface area contributed by atoms with Gasteiger partial charge in [-0.15, -0.1) is 0 Å². The number of aryl methyl sites for hydroxylation is 1. The van der Waals surface area contributed by atoms with Crippen LogP contribution >= 0.6 is 0 Å². The first-order valence-electron chi connectivity index (χ1n) is 4.28. The average Bonchev–Trinajstić information content (AvgIpc) is 2.65. The van der Waals surface area contributed by atoms with Gasteiger partial charge in [-0.25, -0.2) is 4.98 Å². The second kappa shape index (κ2) is 3.49. The van der Waals surface area contributed by atoms with Crippen molar-refractivity contribution in [2.45, 2.75) is 0 Å². The van der Waals surface area contributed by atoms with Gasteiger partial charge in [0.25, 0.3) is 5.91 Å². The van der Waals surface area contributed by atoms with Gasteiger partial charge in [0.15, 0.2) is 0 Å². The van der Waals surface area contributed by atoms with Crippen molar-refractivity contribution >= 4 is 5.91 Å². The fraction of sp³-hybridized carbons (Fsp3) is 0.111. The van der Waals surface area contributed by atoms with E-state index in [9.17, 15) is 4.79 Å². The minimum atomic E-state index is -0.588. The number of amides is 1. The SMILES string of the molecule is Cn1ccc(-c2cnc(C(N)=O)cn2)n1. The van der Waals surface area contributed by atoms with Crippen LogP contribution in [0.5, 0.6) is 0 Å². The fourth-order valence-electron chi connectivity index (χ4n) is 1.14. The van der Waals surface area contributed by atoms with Gasteiger partial charge in [-0.05, 0) is 6.07 Å². The summed E-state index contributed by atoms with van der Waals surface area (Å²) in [7, 11) is 1.81. The van der Waals surface area contributed by atoms with Crippen LogP contribution in [-0.4, -0.2) is 25.7 Å². The number of rotatable bonds is 2. The van der Waals surface area contributed by atoms with Gasteiger partial charge in [-0.1, -0.05) is 0 Å². The molecule has 0 atom stereocenters. The molecule has 0 aliphatic rings. The quantitative estimate of drug-likeness (QED) is 0.742. The maximum Gasteiger partial charge on any atom is 0.268 e. The van der Waals surface area contributed by atoms with Crippen molar-refractivity contribution in [3.8, 4) is 11.4 Å². The molecular formula is C9H9N5O. The molecule has 2 heterocycles. The van der Waals surface area contributed by atoms with Crippen LogP contribution in [0.25, 0.3) is 11.4 Å². The molecule has 2 aromatic rings. The van der Waals surface area contributed by atoms with Crippen molar-refractivity contribution in [3.63, 3.8) is 0 Å². The van der Waals surface area contributed by atoms with E-state index in [1.807, 2.05) is 13.1 Å². The van der Waals surface area contributed by atoms with Crippen LogP contribution in [0.2, 0.25) is 0 Å². The van der Waals surface area contributed by atoms with E-state index < -0.39 is 5.91 Å². The lowest BCUT2D eigenvalue weighted by Crippen LogP contribution is -2.13. The smallest absolute Gasteiger partial charge is 0.268 e. The van der Waals surface area contributed by atoms with E-state index in [0.29, 0.717) is 11.4 Å². The molecule has 0 aliphatic carbocycles. The zero-order chi connectivity index (χ0) is 10.8. The van der Waals surface area contributed by atoms with Gasteiger partial charge in [0.2, 0.25) is 0 Å². The van der Waals surface area contributed by atoms with E-state index in [4.69, 9.17) is 5.73 Å². The Balaban J connectivity index is 2.35. The number of carbonyl (C=O) groups excluding carboxylic acids is 1. The molecule has 0 aromatic carbocycles. The fourth-order valence-corrected chi connectivity index (χ4v) is 1.14. The summed E-state index contributed by atoms with van der Waals surface area (Å²) in [5.74, 6) is -0.588. The van der Waals surface area contributed by atoms with Crippen molar-refractivity contribution in [2.75, 3.05) is 0 Å². The summed E-state index contributed by atoms with van der Waals surface area (Å²) in [5.41, 5.74) is 6.51. The summed E-state index contributed by atoms with van der Waals surface area (Å²) in [6, 6.07) is 1.81. The highest BCUT2D eigenvalue weighted by atomic mass is 16.1. The Kier molecular flexibility index (Phi) is 2.17. The molecule has 0 fully saturated rings. The van der Waals surface area contributed by atoms with Gasteiger partial charge in [0, 0.05) is 13.2 Å². The highest BCUT2D eigenvalue weighted by Gasteiger charge is 2.06. The summed E-state index contributed by atoms with van der Waals surface area (Å²) < 4.78 is 1.67. The molecule has 0 saturated carbocycles. The average molecular weight is 203 g/mol. The molecule has 1 amide bonds. The Morgan fingerprint density at radius 2 is 2.13 bits per heavy atom. The van der Waals surface area contributed by atoms with Gasteiger partial charge in [0.1, 0.15) is 17.1 Å². The zero-order valence-corrected chi connectivity index (χ0v) is 8.08. The summed E-state index contributed by atoms with van der Waals surface area (Å²) in [6.07, 6.45) is 4.62. The number of aromatic nitrogens is 4. The van der Waals surface area contributed by atoms with Gasteiger partial charge in [-0.3, -0.25) is 14.5 Å². The number of nitrogens with zero attached hydrogens (tertiary/aromatic N) is 4. The van der Waals surface area contributed by atoms with Crippen LogP contribution in [-0.2, 0) is 7.05 Å². The van der Waals surface area contributed by atoms with E-state index >= 15 is 0 Å². The first-order valence-corrected chi connectivity index (χ1v) is 4.28. The molecule has 6 heteroatoms. The maximum atomic E-state index is 10.8. The number of hydrogen-bond donors (Lipinski definition) is 1. The highest BCUT2D eigenvalue weighted by Crippen LogP contribution is 2.11. The molecule has 0 aliphatic heterocycles. The third-order valence-corrected chi connectivity index (χ3v) is 1.88.